The Morgan fingerprint density at radius 1 is 1.38 bits per heavy atom. The molecule has 82 valence electrons. The molecule has 0 aromatic heterocycles. The zero-order valence-electron chi connectivity index (χ0n) is 9.23. The SMILES string of the molecule is C=C/C=N\C(=C)NC(=O)c1ccc(C)cc1. The smallest absolute Gasteiger partial charge is 0.256 e. The number of hydrogen-bond donors (Lipinski definition) is 1. The average molecular weight is 214 g/mol. The molecule has 16 heavy (non-hydrogen) atoms. The van der Waals surface area contributed by atoms with Gasteiger partial charge in [0.1, 0.15) is 5.82 Å². The van der Waals surface area contributed by atoms with Crippen LogP contribution >= 0.6 is 0 Å². The summed E-state index contributed by atoms with van der Waals surface area (Å²) in [6, 6.07) is 7.28. The Bertz CT molecular complexity index is 430. The summed E-state index contributed by atoms with van der Waals surface area (Å²) in [5.74, 6) is 0.0803. The van der Waals surface area contributed by atoms with Crippen molar-refractivity contribution < 1.29 is 4.79 Å². The lowest BCUT2D eigenvalue weighted by Crippen LogP contribution is -2.21. The van der Waals surface area contributed by atoms with E-state index < -0.39 is 0 Å². The number of aryl methyl sites for hydroxylation is 1. The third-order valence-electron chi connectivity index (χ3n) is 1.91. The fourth-order valence-corrected chi connectivity index (χ4v) is 1.08. The van der Waals surface area contributed by atoms with Crippen LogP contribution in [0.4, 0.5) is 0 Å². The number of carbonyl (C=O) groups is 1. The molecular weight excluding hydrogens is 200 g/mol. The van der Waals surface area contributed by atoms with Gasteiger partial charge in [-0.15, -0.1) is 0 Å². The van der Waals surface area contributed by atoms with Crippen LogP contribution in [-0.4, -0.2) is 12.1 Å². The van der Waals surface area contributed by atoms with Gasteiger partial charge in [0.25, 0.3) is 5.91 Å². The lowest BCUT2D eigenvalue weighted by Gasteiger charge is -2.03. The maximum Gasteiger partial charge on any atom is 0.256 e. The molecule has 0 bridgehead atoms. The predicted molar refractivity (Wildman–Crippen MR) is 66.5 cm³/mol. The van der Waals surface area contributed by atoms with Crippen LogP contribution in [0, 0.1) is 6.92 Å². The predicted octanol–water partition coefficient (Wildman–Crippen LogP) is 2.45. The molecule has 1 aromatic rings. The summed E-state index contributed by atoms with van der Waals surface area (Å²) in [6.45, 7) is 9.04. The van der Waals surface area contributed by atoms with E-state index in [-0.39, 0.29) is 5.91 Å². The van der Waals surface area contributed by atoms with E-state index in [1.165, 1.54) is 12.3 Å². The van der Waals surface area contributed by atoms with Crippen LogP contribution in [0.25, 0.3) is 0 Å². The van der Waals surface area contributed by atoms with Crippen molar-refractivity contribution >= 4 is 12.1 Å². The lowest BCUT2D eigenvalue weighted by molar-refractivity contribution is 0.0966. The molecule has 3 nitrogen and oxygen atoms in total. The number of nitrogens with zero attached hydrogens (tertiary/aromatic N) is 1. The molecule has 0 aliphatic heterocycles. The Labute approximate surface area is 95.2 Å². The summed E-state index contributed by atoms with van der Waals surface area (Å²) in [4.78, 5) is 15.5. The minimum Gasteiger partial charge on any atom is -0.307 e. The first-order valence-corrected chi connectivity index (χ1v) is 4.85. The number of carbonyl (C=O) groups excluding carboxylic acids is 1. The van der Waals surface area contributed by atoms with Crippen LogP contribution < -0.4 is 5.32 Å². The van der Waals surface area contributed by atoms with Crippen molar-refractivity contribution in [1.29, 1.82) is 0 Å². The number of aliphatic imine (C=N–C) groups is 1. The van der Waals surface area contributed by atoms with Gasteiger partial charge >= 0.3 is 0 Å². The first-order chi connectivity index (χ1) is 7.63. The Balaban J connectivity index is 2.65. The van der Waals surface area contributed by atoms with E-state index in [0.29, 0.717) is 11.4 Å². The number of hydrogen-bond acceptors (Lipinski definition) is 2. The molecule has 1 rings (SSSR count). The van der Waals surface area contributed by atoms with Gasteiger partial charge in [-0.05, 0) is 19.1 Å². The van der Waals surface area contributed by atoms with Crippen LogP contribution in [0.5, 0.6) is 0 Å². The van der Waals surface area contributed by atoms with Gasteiger partial charge in [-0.25, -0.2) is 4.99 Å². The summed E-state index contributed by atoms with van der Waals surface area (Å²) in [6.07, 6.45) is 2.99. The summed E-state index contributed by atoms with van der Waals surface area (Å²) in [5, 5.41) is 2.57. The van der Waals surface area contributed by atoms with Gasteiger partial charge in [-0.3, -0.25) is 4.79 Å². The van der Waals surface area contributed by atoms with Gasteiger partial charge < -0.3 is 5.32 Å². The van der Waals surface area contributed by atoms with Gasteiger partial charge in [-0.2, -0.15) is 0 Å². The van der Waals surface area contributed by atoms with E-state index in [9.17, 15) is 4.79 Å². The van der Waals surface area contributed by atoms with E-state index in [2.05, 4.69) is 23.5 Å². The van der Waals surface area contributed by atoms with Crippen LogP contribution in [0.3, 0.4) is 0 Å². The minimum absolute atomic E-state index is 0.216. The Morgan fingerprint density at radius 2 is 2.00 bits per heavy atom. The van der Waals surface area contributed by atoms with Gasteiger partial charge in [0, 0.05) is 11.8 Å². The molecule has 0 fully saturated rings. The molecule has 3 heteroatoms. The highest BCUT2D eigenvalue weighted by Crippen LogP contribution is 2.03. The Kier molecular flexibility index (Phi) is 4.21. The Morgan fingerprint density at radius 3 is 2.56 bits per heavy atom. The van der Waals surface area contributed by atoms with Gasteiger partial charge in [0.05, 0.1) is 0 Å². The highest BCUT2D eigenvalue weighted by molar-refractivity contribution is 5.95. The van der Waals surface area contributed by atoms with E-state index >= 15 is 0 Å². The largest absolute Gasteiger partial charge is 0.307 e. The second-order valence-corrected chi connectivity index (χ2v) is 3.28. The highest BCUT2D eigenvalue weighted by Gasteiger charge is 2.04. The number of benzene rings is 1. The number of allylic oxidation sites excluding steroid dienone is 1. The van der Waals surface area contributed by atoms with Crippen LogP contribution in [0.15, 0.2) is 54.3 Å². The van der Waals surface area contributed by atoms with Crippen molar-refractivity contribution in [1.82, 2.24) is 5.32 Å². The van der Waals surface area contributed by atoms with Crippen molar-refractivity contribution in [2.45, 2.75) is 6.92 Å². The molecule has 0 saturated carbocycles. The summed E-state index contributed by atoms with van der Waals surface area (Å²) in [5.41, 5.74) is 1.70. The molecule has 1 aromatic carbocycles. The van der Waals surface area contributed by atoms with Crippen molar-refractivity contribution in [3.8, 4) is 0 Å². The first-order valence-electron chi connectivity index (χ1n) is 4.85. The topological polar surface area (TPSA) is 41.5 Å². The van der Waals surface area contributed by atoms with Crippen LogP contribution in [-0.2, 0) is 0 Å². The van der Waals surface area contributed by atoms with Gasteiger partial charge in [-0.1, -0.05) is 36.9 Å². The standard InChI is InChI=1S/C13H14N2O/c1-4-9-14-11(3)15-13(16)12-7-5-10(2)6-8-12/h4-9H,1,3H2,2H3,(H,15,16)/b14-9-. The van der Waals surface area contributed by atoms with E-state index in [0.717, 1.165) is 5.56 Å². The third kappa shape index (κ3) is 3.53. The lowest BCUT2D eigenvalue weighted by atomic mass is 10.1. The van der Waals surface area contributed by atoms with Gasteiger partial charge in [0.2, 0.25) is 0 Å². The normalized spacial score (nSPS) is 10.1. The first kappa shape index (κ1) is 11.9. The number of amides is 1. The number of nitrogens with one attached hydrogen (secondary N) is 1. The molecule has 0 heterocycles. The zero-order valence-corrected chi connectivity index (χ0v) is 9.23. The zero-order chi connectivity index (χ0) is 12.0. The molecule has 0 aliphatic carbocycles. The van der Waals surface area contributed by atoms with Crippen LogP contribution in [0.1, 0.15) is 15.9 Å². The fourth-order valence-electron chi connectivity index (χ4n) is 1.08. The molecule has 0 radical (unpaired) electrons. The molecule has 0 saturated heterocycles. The minimum atomic E-state index is -0.216. The molecule has 0 atom stereocenters. The quantitative estimate of drug-likeness (QED) is 0.768. The fraction of sp³-hybridized carbons (Fsp3) is 0.0769. The van der Waals surface area contributed by atoms with Crippen molar-refractivity contribution in [3.63, 3.8) is 0 Å². The molecule has 0 spiro atoms. The Hall–Kier alpha value is -2.16. The molecule has 1 N–H and O–H groups in total. The monoisotopic (exact) mass is 214 g/mol. The van der Waals surface area contributed by atoms with E-state index in [4.69, 9.17) is 0 Å². The highest BCUT2D eigenvalue weighted by atomic mass is 16.1. The molecule has 1 amide bonds. The molecule has 0 aliphatic rings. The summed E-state index contributed by atoms with van der Waals surface area (Å²) >= 11 is 0. The second kappa shape index (κ2) is 5.66. The van der Waals surface area contributed by atoms with E-state index in [1.807, 2.05) is 19.1 Å². The summed E-state index contributed by atoms with van der Waals surface area (Å²) < 4.78 is 0. The van der Waals surface area contributed by atoms with Crippen molar-refractivity contribution in [2.24, 2.45) is 4.99 Å². The van der Waals surface area contributed by atoms with Crippen molar-refractivity contribution in [2.75, 3.05) is 0 Å². The maximum absolute atomic E-state index is 11.7. The van der Waals surface area contributed by atoms with Gasteiger partial charge in [0.15, 0.2) is 0 Å². The van der Waals surface area contributed by atoms with E-state index in [1.54, 1.807) is 12.1 Å². The summed E-state index contributed by atoms with van der Waals surface area (Å²) in [7, 11) is 0. The third-order valence-corrected chi connectivity index (χ3v) is 1.91. The maximum atomic E-state index is 11.7. The molecule has 0 unspecified atom stereocenters. The van der Waals surface area contributed by atoms with Crippen LogP contribution in [0.2, 0.25) is 0 Å². The van der Waals surface area contributed by atoms with Crippen molar-refractivity contribution in [3.05, 3.63) is 60.4 Å². The number of rotatable bonds is 4. The molecular formula is C13H14N2O. The average Bonchev–Trinajstić information content (AvgIpc) is 2.27. The second-order valence-electron chi connectivity index (χ2n) is 3.28.